The van der Waals surface area contributed by atoms with E-state index in [9.17, 15) is 9.59 Å². The lowest BCUT2D eigenvalue weighted by Gasteiger charge is -2.48. The van der Waals surface area contributed by atoms with Crippen LogP contribution in [0.1, 0.15) is 67.7 Å². The van der Waals surface area contributed by atoms with Gasteiger partial charge in [-0.25, -0.2) is 9.78 Å². The van der Waals surface area contributed by atoms with E-state index < -0.39 is 5.97 Å². The second-order valence-corrected chi connectivity index (χ2v) is 8.55. The number of esters is 1. The molecule has 0 aliphatic carbocycles. The SMILES string of the molecule is COC(=O)c1coc(CN2[C@@H]3CCC[C@H]2CC(NC(=O)CC2CCCOC2)C3)n1. The summed E-state index contributed by atoms with van der Waals surface area (Å²) in [5.41, 5.74) is 0.210. The minimum absolute atomic E-state index is 0.160. The quantitative estimate of drug-likeness (QED) is 0.726. The first-order valence-electron chi connectivity index (χ1n) is 10.8. The molecule has 3 saturated heterocycles. The second kappa shape index (κ2) is 9.26. The maximum Gasteiger partial charge on any atom is 0.360 e. The van der Waals surface area contributed by atoms with E-state index in [2.05, 4.69) is 15.2 Å². The van der Waals surface area contributed by atoms with E-state index in [0.717, 1.165) is 45.1 Å². The van der Waals surface area contributed by atoms with Gasteiger partial charge in [0.15, 0.2) is 5.69 Å². The number of carbonyl (C=O) groups is 2. The Morgan fingerprint density at radius 1 is 1.24 bits per heavy atom. The van der Waals surface area contributed by atoms with E-state index in [1.54, 1.807) is 0 Å². The van der Waals surface area contributed by atoms with Gasteiger partial charge in [0.2, 0.25) is 11.8 Å². The number of rotatable bonds is 6. The summed E-state index contributed by atoms with van der Waals surface area (Å²) in [5.74, 6) is 0.580. The van der Waals surface area contributed by atoms with Gasteiger partial charge in [0.1, 0.15) is 6.26 Å². The zero-order valence-electron chi connectivity index (χ0n) is 17.1. The number of aromatic nitrogens is 1. The van der Waals surface area contributed by atoms with Crippen molar-refractivity contribution in [1.82, 2.24) is 15.2 Å². The Balaban J connectivity index is 1.32. The molecule has 1 N–H and O–H groups in total. The molecular weight excluding hydrogens is 374 g/mol. The molecule has 0 aromatic carbocycles. The lowest BCUT2D eigenvalue weighted by Crippen LogP contribution is -2.56. The molecule has 160 valence electrons. The van der Waals surface area contributed by atoms with E-state index >= 15 is 0 Å². The molecule has 1 amide bonds. The largest absolute Gasteiger partial charge is 0.464 e. The first-order valence-corrected chi connectivity index (χ1v) is 10.8. The molecule has 2 bridgehead atoms. The number of amides is 1. The smallest absolute Gasteiger partial charge is 0.360 e. The maximum absolute atomic E-state index is 12.5. The number of methoxy groups -OCH3 is 1. The summed E-state index contributed by atoms with van der Waals surface area (Å²) in [6.07, 6.45) is 9.42. The number of fused-ring (bicyclic) bond motifs is 2. The highest BCUT2D eigenvalue weighted by Gasteiger charge is 2.39. The van der Waals surface area contributed by atoms with Crippen LogP contribution >= 0.6 is 0 Å². The summed E-state index contributed by atoms with van der Waals surface area (Å²) >= 11 is 0. The average molecular weight is 405 g/mol. The molecule has 1 aromatic rings. The topological polar surface area (TPSA) is 93.9 Å². The molecule has 8 nitrogen and oxygen atoms in total. The van der Waals surface area contributed by atoms with Gasteiger partial charge in [0.25, 0.3) is 0 Å². The van der Waals surface area contributed by atoms with Crippen molar-refractivity contribution in [3.63, 3.8) is 0 Å². The fourth-order valence-corrected chi connectivity index (χ4v) is 5.11. The van der Waals surface area contributed by atoms with E-state index in [-0.39, 0.29) is 17.6 Å². The van der Waals surface area contributed by atoms with Crippen molar-refractivity contribution in [1.29, 1.82) is 0 Å². The number of nitrogens with zero attached hydrogens (tertiary/aromatic N) is 2. The van der Waals surface area contributed by atoms with Crippen molar-refractivity contribution in [2.45, 2.75) is 76.0 Å². The monoisotopic (exact) mass is 405 g/mol. The Labute approximate surface area is 171 Å². The van der Waals surface area contributed by atoms with Gasteiger partial charge in [-0.1, -0.05) is 6.42 Å². The normalized spacial score (nSPS) is 30.0. The van der Waals surface area contributed by atoms with Crippen LogP contribution in [0.2, 0.25) is 0 Å². The van der Waals surface area contributed by atoms with Gasteiger partial charge in [-0.3, -0.25) is 9.69 Å². The minimum atomic E-state index is -0.481. The van der Waals surface area contributed by atoms with Gasteiger partial charge < -0.3 is 19.2 Å². The first-order chi connectivity index (χ1) is 14.1. The zero-order valence-corrected chi connectivity index (χ0v) is 17.1. The Morgan fingerprint density at radius 2 is 2.03 bits per heavy atom. The molecule has 29 heavy (non-hydrogen) atoms. The van der Waals surface area contributed by atoms with Crippen molar-refractivity contribution in [2.24, 2.45) is 5.92 Å². The molecule has 4 atom stereocenters. The van der Waals surface area contributed by atoms with E-state index in [0.29, 0.717) is 43.5 Å². The van der Waals surface area contributed by atoms with Gasteiger partial charge in [-0.2, -0.15) is 0 Å². The van der Waals surface area contributed by atoms with Crippen LogP contribution in [0.25, 0.3) is 0 Å². The molecule has 0 radical (unpaired) electrons. The zero-order chi connectivity index (χ0) is 20.2. The minimum Gasteiger partial charge on any atom is -0.464 e. The average Bonchev–Trinajstić information content (AvgIpc) is 3.17. The molecule has 0 spiro atoms. The van der Waals surface area contributed by atoms with Crippen molar-refractivity contribution in [3.05, 3.63) is 17.8 Å². The Kier molecular flexibility index (Phi) is 6.50. The molecule has 1 aromatic heterocycles. The van der Waals surface area contributed by atoms with Crippen molar-refractivity contribution >= 4 is 11.9 Å². The third-order valence-electron chi connectivity index (χ3n) is 6.48. The van der Waals surface area contributed by atoms with Crippen LogP contribution in [-0.2, 0) is 20.8 Å². The lowest BCUT2D eigenvalue weighted by molar-refractivity contribution is -0.124. The number of carbonyl (C=O) groups excluding carboxylic acids is 2. The predicted octanol–water partition coefficient (Wildman–Crippen LogP) is 2.28. The van der Waals surface area contributed by atoms with Crippen LogP contribution in [0.5, 0.6) is 0 Å². The van der Waals surface area contributed by atoms with E-state index in [1.807, 2.05) is 0 Å². The Morgan fingerprint density at radius 3 is 2.72 bits per heavy atom. The van der Waals surface area contributed by atoms with Crippen LogP contribution in [0.4, 0.5) is 0 Å². The van der Waals surface area contributed by atoms with Crippen molar-refractivity contribution < 1.29 is 23.5 Å². The number of ether oxygens (including phenoxy) is 2. The fourth-order valence-electron chi connectivity index (χ4n) is 5.11. The van der Waals surface area contributed by atoms with Gasteiger partial charge in [-0.15, -0.1) is 0 Å². The van der Waals surface area contributed by atoms with E-state index in [1.165, 1.54) is 19.8 Å². The van der Waals surface area contributed by atoms with Gasteiger partial charge in [0, 0.05) is 37.8 Å². The van der Waals surface area contributed by atoms with Crippen LogP contribution in [0.15, 0.2) is 10.7 Å². The maximum atomic E-state index is 12.5. The molecule has 0 saturated carbocycles. The van der Waals surface area contributed by atoms with Gasteiger partial charge in [-0.05, 0) is 44.4 Å². The van der Waals surface area contributed by atoms with Crippen molar-refractivity contribution in [2.75, 3.05) is 20.3 Å². The number of oxazole rings is 1. The molecule has 3 aliphatic rings. The molecule has 4 rings (SSSR count). The molecule has 8 heteroatoms. The van der Waals surface area contributed by atoms with Crippen molar-refractivity contribution in [3.8, 4) is 0 Å². The summed E-state index contributed by atoms with van der Waals surface area (Å²) in [5, 5.41) is 3.28. The third-order valence-corrected chi connectivity index (χ3v) is 6.48. The van der Waals surface area contributed by atoms with Crippen LogP contribution < -0.4 is 5.32 Å². The van der Waals surface area contributed by atoms with Crippen LogP contribution in [-0.4, -0.2) is 60.2 Å². The molecule has 3 aliphatic heterocycles. The highest BCUT2D eigenvalue weighted by atomic mass is 16.5. The Hall–Kier alpha value is -1.93. The standard InChI is InChI=1S/C21H31N3O5/c1-27-21(26)18-13-29-20(23-18)11-24-16-5-2-6-17(24)10-15(9-16)22-19(25)8-14-4-3-7-28-12-14/h13-17H,2-12H2,1H3,(H,22,25)/t14?,15?,16-,17+. The first kappa shape index (κ1) is 20.3. The number of nitrogens with one attached hydrogen (secondary N) is 1. The predicted molar refractivity (Wildman–Crippen MR) is 104 cm³/mol. The molecule has 3 fully saturated rings. The lowest BCUT2D eigenvalue weighted by atomic mass is 9.81. The van der Waals surface area contributed by atoms with Gasteiger partial charge >= 0.3 is 5.97 Å². The number of hydrogen-bond donors (Lipinski definition) is 1. The summed E-state index contributed by atoms with van der Waals surface area (Å²) in [6.45, 7) is 2.12. The third kappa shape index (κ3) is 4.98. The molecular formula is C21H31N3O5. The van der Waals surface area contributed by atoms with Crippen LogP contribution in [0.3, 0.4) is 0 Å². The number of hydrogen-bond acceptors (Lipinski definition) is 7. The van der Waals surface area contributed by atoms with E-state index in [4.69, 9.17) is 13.9 Å². The summed E-state index contributed by atoms with van der Waals surface area (Å²) < 4.78 is 15.7. The Bertz CT molecular complexity index is 701. The summed E-state index contributed by atoms with van der Waals surface area (Å²) in [6, 6.07) is 1.03. The summed E-state index contributed by atoms with van der Waals surface area (Å²) in [7, 11) is 1.33. The fraction of sp³-hybridized carbons (Fsp3) is 0.762. The van der Waals surface area contributed by atoms with Gasteiger partial charge in [0.05, 0.1) is 13.7 Å². The molecule has 2 unspecified atom stereocenters. The highest BCUT2D eigenvalue weighted by molar-refractivity contribution is 5.86. The second-order valence-electron chi connectivity index (χ2n) is 8.55. The molecule has 4 heterocycles. The van der Waals surface area contributed by atoms with Crippen LogP contribution in [0, 0.1) is 5.92 Å². The summed E-state index contributed by atoms with van der Waals surface area (Å²) in [4.78, 5) is 30.8. The highest BCUT2D eigenvalue weighted by Crippen LogP contribution is 2.35. The number of piperidine rings is 2.